The highest BCUT2D eigenvalue weighted by Crippen LogP contribution is 2.24. The lowest BCUT2D eigenvalue weighted by atomic mass is 10.1. The van der Waals surface area contributed by atoms with E-state index >= 15 is 0 Å². The summed E-state index contributed by atoms with van der Waals surface area (Å²) < 4.78 is 5.39. The molecule has 4 aromatic rings. The number of benzene rings is 3. The molecule has 138 valence electrons. The summed E-state index contributed by atoms with van der Waals surface area (Å²) in [5, 5.41) is 6.94. The Hall–Kier alpha value is -3.73. The number of hydrogen-bond donors (Lipinski definition) is 1. The van der Waals surface area contributed by atoms with Crippen molar-refractivity contribution in [1.29, 1.82) is 0 Å². The lowest BCUT2D eigenvalue weighted by molar-refractivity contribution is 0.102. The molecule has 0 aliphatic heterocycles. The van der Waals surface area contributed by atoms with Crippen LogP contribution in [0.4, 0.5) is 5.69 Å². The number of rotatable bonds is 4. The normalized spacial score (nSPS) is 10.6. The van der Waals surface area contributed by atoms with Crippen molar-refractivity contribution in [2.45, 2.75) is 13.8 Å². The minimum atomic E-state index is -0.146. The van der Waals surface area contributed by atoms with E-state index in [-0.39, 0.29) is 5.91 Å². The largest absolute Gasteiger partial charge is 0.334 e. The summed E-state index contributed by atoms with van der Waals surface area (Å²) in [6, 6.07) is 22.7. The fourth-order valence-corrected chi connectivity index (χ4v) is 2.76. The summed E-state index contributed by atoms with van der Waals surface area (Å²) in [4.78, 5) is 16.8. The molecular formula is C23H19N3O2. The molecule has 1 N–H and O–H groups in total. The number of aromatic nitrogens is 2. The van der Waals surface area contributed by atoms with Crippen LogP contribution >= 0.6 is 0 Å². The number of anilines is 1. The Morgan fingerprint density at radius 3 is 2.00 bits per heavy atom. The van der Waals surface area contributed by atoms with Gasteiger partial charge in [0.2, 0.25) is 5.82 Å². The molecule has 5 heteroatoms. The molecule has 0 spiro atoms. The highest BCUT2D eigenvalue weighted by Gasteiger charge is 2.11. The van der Waals surface area contributed by atoms with Crippen LogP contribution in [0.15, 0.2) is 77.3 Å². The van der Waals surface area contributed by atoms with Crippen molar-refractivity contribution in [1.82, 2.24) is 10.1 Å². The van der Waals surface area contributed by atoms with Crippen molar-refractivity contribution < 1.29 is 9.32 Å². The summed E-state index contributed by atoms with van der Waals surface area (Å²) in [5.41, 5.74) is 5.31. The first kappa shape index (κ1) is 17.7. The SMILES string of the molecule is Cc1ccc(C(=O)Nc2ccc(-c3nc(-c4ccc(C)cc4)no3)cc2)cc1. The summed E-state index contributed by atoms with van der Waals surface area (Å²) >= 11 is 0. The predicted molar refractivity (Wildman–Crippen MR) is 109 cm³/mol. The Labute approximate surface area is 163 Å². The second-order valence-electron chi connectivity index (χ2n) is 6.69. The molecule has 1 amide bonds. The summed E-state index contributed by atoms with van der Waals surface area (Å²) in [7, 11) is 0. The molecule has 0 radical (unpaired) electrons. The van der Waals surface area contributed by atoms with E-state index in [0.717, 1.165) is 16.7 Å². The number of hydrogen-bond acceptors (Lipinski definition) is 4. The highest BCUT2D eigenvalue weighted by atomic mass is 16.5. The zero-order valence-electron chi connectivity index (χ0n) is 15.6. The molecule has 0 aliphatic carbocycles. The first-order valence-electron chi connectivity index (χ1n) is 8.98. The van der Waals surface area contributed by atoms with E-state index in [9.17, 15) is 4.79 Å². The van der Waals surface area contributed by atoms with Gasteiger partial charge in [-0.15, -0.1) is 0 Å². The van der Waals surface area contributed by atoms with Crippen LogP contribution in [0, 0.1) is 13.8 Å². The lowest BCUT2D eigenvalue weighted by Crippen LogP contribution is -2.11. The fraction of sp³-hybridized carbons (Fsp3) is 0.0870. The molecule has 28 heavy (non-hydrogen) atoms. The second-order valence-corrected chi connectivity index (χ2v) is 6.69. The highest BCUT2D eigenvalue weighted by molar-refractivity contribution is 6.04. The molecule has 0 bridgehead atoms. The third kappa shape index (κ3) is 3.83. The molecule has 1 aromatic heterocycles. The van der Waals surface area contributed by atoms with E-state index in [2.05, 4.69) is 15.5 Å². The number of carbonyl (C=O) groups excluding carboxylic acids is 1. The molecule has 3 aromatic carbocycles. The van der Waals surface area contributed by atoms with Gasteiger partial charge in [0.1, 0.15) is 0 Å². The third-order valence-corrected chi connectivity index (χ3v) is 4.44. The number of amides is 1. The van der Waals surface area contributed by atoms with Gasteiger partial charge in [-0.05, 0) is 50.2 Å². The molecule has 0 unspecified atom stereocenters. The van der Waals surface area contributed by atoms with Gasteiger partial charge >= 0.3 is 0 Å². The van der Waals surface area contributed by atoms with Crippen LogP contribution in [0.25, 0.3) is 22.8 Å². The first-order chi connectivity index (χ1) is 13.6. The van der Waals surface area contributed by atoms with Gasteiger partial charge in [0.15, 0.2) is 0 Å². The average molecular weight is 369 g/mol. The topological polar surface area (TPSA) is 68.0 Å². The standard InChI is InChI=1S/C23H19N3O2/c1-15-3-7-17(8-4-15)21-25-23(28-26-21)19-11-13-20(14-12-19)24-22(27)18-9-5-16(2)6-10-18/h3-14H,1-2H3,(H,24,27). The molecular weight excluding hydrogens is 350 g/mol. The maximum atomic E-state index is 12.3. The van der Waals surface area contributed by atoms with Gasteiger partial charge in [-0.3, -0.25) is 4.79 Å². The Balaban J connectivity index is 1.48. The van der Waals surface area contributed by atoms with Crippen LogP contribution in [-0.2, 0) is 0 Å². The van der Waals surface area contributed by atoms with Crippen LogP contribution in [0.1, 0.15) is 21.5 Å². The van der Waals surface area contributed by atoms with Gasteiger partial charge in [-0.1, -0.05) is 52.7 Å². The van der Waals surface area contributed by atoms with Crippen molar-refractivity contribution >= 4 is 11.6 Å². The zero-order chi connectivity index (χ0) is 19.5. The van der Waals surface area contributed by atoms with Gasteiger partial charge in [0.05, 0.1) is 0 Å². The number of aryl methyl sites for hydroxylation is 2. The monoisotopic (exact) mass is 369 g/mol. The molecule has 5 nitrogen and oxygen atoms in total. The van der Waals surface area contributed by atoms with E-state index in [1.54, 1.807) is 0 Å². The van der Waals surface area contributed by atoms with Gasteiger partial charge in [-0.25, -0.2) is 0 Å². The van der Waals surface area contributed by atoms with E-state index in [4.69, 9.17) is 4.52 Å². The van der Waals surface area contributed by atoms with E-state index in [1.165, 1.54) is 5.56 Å². The van der Waals surface area contributed by atoms with Crippen molar-refractivity contribution in [2.24, 2.45) is 0 Å². The Bertz CT molecular complexity index is 1100. The molecule has 0 aliphatic rings. The summed E-state index contributed by atoms with van der Waals surface area (Å²) in [5.74, 6) is 0.839. The maximum Gasteiger partial charge on any atom is 0.258 e. The number of nitrogens with one attached hydrogen (secondary N) is 1. The maximum absolute atomic E-state index is 12.3. The van der Waals surface area contributed by atoms with E-state index < -0.39 is 0 Å². The van der Waals surface area contributed by atoms with E-state index in [0.29, 0.717) is 23.0 Å². The minimum absolute atomic E-state index is 0.146. The Morgan fingerprint density at radius 2 is 1.36 bits per heavy atom. The van der Waals surface area contributed by atoms with Crippen molar-refractivity contribution in [3.63, 3.8) is 0 Å². The molecule has 0 saturated heterocycles. The zero-order valence-corrected chi connectivity index (χ0v) is 15.6. The Morgan fingerprint density at radius 1 is 0.786 bits per heavy atom. The molecule has 0 fully saturated rings. The quantitative estimate of drug-likeness (QED) is 0.532. The lowest BCUT2D eigenvalue weighted by Gasteiger charge is -2.06. The first-order valence-corrected chi connectivity index (χ1v) is 8.98. The van der Waals surface area contributed by atoms with Crippen LogP contribution in [-0.4, -0.2) is 16.0 Å². The molecule has 1 heterocycles. The number of nitrogens with zero attached hydrogens (tertiary/aromatic N) is 2. The molecule has 4 rings (SSSR count). The Kier molecular flexibility index (Phi) is 4.72. The number of carbonyl (C=O) groups is 1. The average Bonchev–Trinajstić information content (AvgIpc) is 3.20. The van der Waals surface area contributed by atoms with Gasteiger partial charge in [0, 0.05) is 22.4 Å². The molecule has 0 saturated carbocycles. The third-order valence-electron chi connectivity index (χ3n) is 4.44. The predicted octanol–water partition coefficient (Wildman–Crippen LogP) is 5.27. The van der Waals surface area contributed by atoms with Crippen molar-refractivity contribution in [3.8, 4) is 22.8 Å². The van der Waals surface area contributed by atoms with Gasteiger partial charge in [-0.2, -0.15) is 4.98 Å². The van der Waals surface area contributed by atoms with Crippen LogP contribution in [0.3, 0.4) is 0 Å². The second kappa shape index (κ2) is 7.48. The smallest absolute Gasteiger partial charge is 0.258 e. The fourth-order valence-electron chi connectivity index (χ4n) is 2.76. The van der Waals surface area contributed by atoms with Crippen molar-refractivity contribution in [2.75, 3.05) is 5.32 Å². The summed E-state index contributed by atoms with van der Waals surface area (Å²) in [6.45, 7) is 4.02. The van der Waals surface area contributed by atoms with Crippen LogP contribution in [0.2, 0.25) is 0 Å². The van der Waals surface area contributed by atoms with Gasteiger partial charge in [0.25, 0.3) is 11.8 Å². The van der Waals surface area contributed by atoms with Gasteiger partial charge < -0.3 is 9.84 Å². The van der Waals surface area contributed by atoms with Crippen molar-refractivity contribution in [3.05, 3.63) is 89.5 Å². The van der Waals surface area contributed by atoms with E-state index in [1.807, 2.05) is 86.6 Å². The van der Waals surface area contributed by atoms with Crippen LogP contribution < -0.4 is 5.32 Å². The molecule has 0 atom stereocenters. The summed E-state index contributed by atoms with van der Waals surface area (Å²) in [6.07, 6.45) is 0. The van der Waals surface area contributed by atoms with Crippen LogP contribution in [0.5, 0.6) is 0 Å². The minimum Gasteiger partial charge on any atom is -0.334 e.